The van der Waals surface area contributed by atoms with Crippen LogP contribution in [0.25, 0.3) is 0 Å². The lowest BCUT2D eigenvalue weighted by atomic mass is 10.3. The second kappa shape index (κ2) is 6.98. The van der Waals surface area contributed by atoms with E-state index in [0.29, 0.717) is 27.2 Å². The quantitative estimate of drug-likeness (QED) is 0.635. The Bertz CT molecular complexity index is 869. The van der Waals surface area contributed by atoms with Crippen molar-refractivity contribution >= 4 is 46.3 Å². The summed E-state index contributed by atoms with van der Waals surface area (Å²) in [6.45, 7) is 0. The molecule has 8 heteroatoms. The number of hydrogen-bond donors (Lipinski definition) is 2. The highest BCUT2D eigenvalue weighted by Crippen LogP contribution is 2.31. The predicted octanol–water partition coefficient (Wildman–Crippen LogP) is 5.55. The Kier molecular flexibility index (Phi) is 4.78. The van der Waals surface area contributed by atoms with E-state index in [0.717, 1.165) is 12.1 Å². The Morgan fingerprint density at radius 3 is 2.33 bits per heavy atom. The topological polar surface area (TPSA) is 49.8 Å². The van der Waals surface area contributed by atoms with Gasteiger partial charge in [0.05, 0.1) is 15.7 Å². The van der Waals surface area contributed by atoms with E-state index in [4.69, 9.17) is 23.2 Å². The van der Waals surface area contributed by atoms with Crippen LogP contribution in [-0.4, -0.2) is 9.97 Å². The number of hydrogen-bond acceptors (Lipinski definition) is 4. The van der Waals surface area contributed by atoms with Gasteiger partial charge in [0, 0.05) is 18.0 Å². The van der Waals surface area contributed by atoms with Gasteiger partial charge in [0.2, 0.25) is 5.95 Å². The molecule has 1 aromatic heterocycles. The molecule has 0 bridgehead atoms. The van der Waals surface area contributed by atoms with Gasteiger partial charge in [-0.05, 0) is 30.3 Å². The predicted molar refractivity (Wildman–Crippen MR) is 91.4 cm³/mol. The van der Waals surface area contributed by atoms with Gasteiger partial charge in [-0.1, -0.05) is 29.3 Å². The van der Waals surface area contributed by atoms with Crippen LogP contribution in [-0.2, 0) is 0 Å². The van der Waals surface area contributed by atoms with Crippen molar-refractivity contribution in [2.75, 3.05) is 10.6 Å². The van der Waals surface area contributed by atoms with Gasteiger partial charge in [-0.3, -0.25) is 0 Å². The van der Waals surface area contributed by atoms with E-state index in [1.165, 1.54) is 12.3 Å². The molecular formula is C16H10Cl2F2N4. The molecule has 0 aliphatic rings. The third-order valence-corrected chi connectivity index (χ3v) is 3.68. The van der Waals surface area contributed by atoms with Crippen LogP contribution < -0.4 is 10.6 Å². The average molecular weight is 367 g/mol. The van der Waals surface area contributed by atoms with Crippen molar-refractivity contribution in [3.05, 3.63) is 70.3 Å². The fourth-order valence-corrected chi connectivity index (χ4v) is 2.43. The molecule has 0 spiro atoms. The van der Waals surface area contributed by atoms with Gasteiger partial charge < -0.3 is 10.6 Å². The smallest absolute Gasteiger partial charge is 0.229 e. The first-order valence-electron chi connectivity index (χ1n) is 6.79. The summed E-state index contributed by atoms with van der Waals surface area (Å²) in [5.41, 5.74) is 0.833. The zero-order valence-electron chi connectivity index (χ0n) is 12.0. The standard InChI is InChI=1S/C16H10Cl2F2N4/c17-10-2-1-3-11(18)15(10)24-16-21-7-6-14(23-16)22-9-4-5-12(19)13(20)8-9/h1-8H,(H2,21,22,23,24). The van der Waals surface area contributed by atoms with E-state index >= 15 is 0 Å². The summed E-state index contributed by atoms with van der Waals surface area (Å²) < 4.78 is 26.2. The van der Waals surface area contributed by atoms with E-state index in [9.17, 15) is 8.78 Å². The van der Waals surface area contributed by atoms with Crippen LogP contribution in [0, 0.1) is 11.6 Å². The summed E-state index contributed by atoms with van der Waals surface area (Å²) in [5, 5.41) is 6.63. The Labute approximate surface area is 146 Å². The molecule has 0 atom stereocenters. The number of nitrogens with one attached hydrogen (secondary N) is 2. The van der Waals surface area contributed by atoms with Gasteiger partial charge in [0.1, 0.15) is 5.82 Å². The van der Waals surface area contributed by atoms with Crippen LogP contribution in [0.2, 0.25) is 10.0 Å². The van der Waals surface area contributed by atoms with Crippen LogP contribution in [0.5, 0.6) is 0 Å². The summed E-state index contributed by atoms with van der Waals surface area (Å²) in [4.78, 5) is 8.31. The minimum atomic E-state index is -0.949. The highest BCUT2D eigenvalue weighted by atomic mass is 35.5. The largest absolute Gasteiger partial charge is 0.340 e. The summed E-state index contributed by atoms with van der Waals surface area (Å²) in [7, 11) is 0. The number of halogens is 4. The Hall–Kier alpha value is -2.44. The molecule has 122 valence electrons. The molecule has 0 fully saturated rings. The molecule has 2 aromatic carbocycles. The first kappa shape index (κ1) is 16.4. The van der Waals surface area contributed by atoms with Crippen molar-refractivity contribution in [2.45, 2.75) is 0 Å². The zero-order valence-corrected chi connectivity index (χ0v) is 13.5. The van der Waals surface area contributed by atoms with Gasteiger partial charge in [-0.2, -0.15) is 4.98 Å². The van der Waals surface area contributed by atoms with E-state index in [-0.39, 0.29) is 5.95 Å². The number of rotatable bonds is 4. The highest BCUT2D eigenvalue weighted by Gasteiger charge is 2.08. The Morgan fingerprint density at radius 2 is 1.62 bits per heavy atom. The van der Waals surface area contributed by atoms with Crippen molar-refractivity contribution in [3.8, 4) is 0 Å². The third-order valence-electron chi connectivity index (χ3n) is 3.05. The van der Waals surface area contributed by atoms with Gasteiger partial charge in [-0.25, -0.2) is 13.8 Å². The van der Waals surface area contributed by atoms with E-state index in [1.807, 2.05) is 0 Å². The van der Waals surface area contributed by atoms with Gasteiger partial charge in [0.15, 0.2) is 11.6 Å². The van der Waals surface area contributed by atoms with Gasteiger partial charge >= 0.3 is 0 Å². The average Bonchev–Trinajstić information content (AvgIpc) is 2.55. The highest BCUT2D eigenvalue weighted by molar-refractivity contribution is 6.39. The number of benzene rings is 2. The minimum absolute atomic E-state index is 0.248. The number of nitrogens with zero attached hydrogens (tertiary/aromatic N) is 2. The minimum Gasteiger partial charge on any atom is -0.340 e. The van der Waals surface area contributed by atoms with Crippen molar-refractivity contribution in [3.63, 3.8) is 0 Å². The molecular weight excluding hydrogens is 357 g/mol. The lowest BCUT2D eigenvalue weighted by molar-refractivity contribution is 0.509. The van der Waals surface area contributed by atoms with Crippen molar-refractivity contribution in [1.29, 1.82) is 0 Å². The molecule has 0 aliphatic carbocycles. The van der Waals surface area contributed by atoms with E-state index in [1.54, 1.807) is 24.3 Å². The molecule has 2 N–H and O–H groups in total. The molecule has 0 unspecified atom stereocenters. The molecule has 4 nitrogen and oxygen atoms in total. The molecule has 24 heavy (non-hydrogen) atoms. The lowest BCUT2D eigenvalue weighted by Gasteiger charge is -2.10. The monoisotopic (exact) mass is 366 g/mol. The summed E-state index contributed by atoms with van der Waals surface area (Å²) in [6.07, 6.45) is 1.50. The maximum absolute atomic E-state index is 13.2. The summed E-state index contributed by atoms with van der Waals surface area (Å²) in [5.74, 6) is -1.23. The first-order chi connectivity index (χ1) is 11.5. The van der Waals surface area contributed by atoms with Crippen molar-refractivity contribution < 1.29 is 8.78 Å². The number of aromatic nitrogens is 2. The molecule has 0 amide bonds. The van der Waals surface area contributed by atoms with Crippen LogP contribution in [0.1, 0.15) is 0 Å². The maximum atomic E-state index is 13.2. The van der Waals surface area contributed by atoms with Crippen LogP contribution in [0.15, 0.2) is 48.7 Å². The molecule has 0 saturated heterocycles. The van der Waals surface area contributed by atoms with Crippen LogP contribution in [0.3, 0.4) is 0 Å². The number of para-hydroxylation sites is 1. The van der Waals surface area contributed by atoms with Crippen molar-refractivity contribution in [2.24, 2.45) is 0 Å². The van der Waals surface area contributed by atoms with E-state index in [2.05, 4.69) is 20.6 Å². The fraction of sp³-hybridized carbons (Fsp3) is 0. The van der Waals surface area contributed by atoms with Crippen LogP contribution in [0.4, 0.5) is 31.9 Å². The second-order valence-corrected chi connectivity index (χ2v) is 5.56. The van der Waals surface area contributed by atoms with E-state index < -0.39 is 11.6 Å². The van der Waals surface area contributed by atoms with Crippen LogP contribution >= 0.6 is 23.2 Å². The Morgan fingerprint density at radius 1 is 0.875 bits per heavy atom. The molecule has 3 aromatic rings. The summed E-state index contributed by atoms with van der Waals surface area (Å²) >= 11 is 12.2. The van der Waals surface area contributed by atoms with Gasteiger partial charge in [0.25, 0.3) is 0 Å². The normalized spacial score (nSPS) is 10.5. The molecule has 3 rings (SSSR count). The SMILES string of the molecule is Fc1ccc(Nc2ccnc(Nc3c(Cl)cccc3Cl)n2)cc1F. The number of anilines is 4. The lowest BCUT2D eigenvalue weighted by Crippen LogP contribution is -2.01. The second-order valence-electron chi connectivity index (χ2n) is 4.74. The maximum Gasteiger partial charge on any atom is 0.229 e. The zero-order chi connectivity index (χ0) is 17.1. The molecule has 0 saturated carbocycles. The molecule has 1 heterocycles. The fourth-order valence-electron chi connectivity index (χ4n) is 1.94. The first-order valence-corrected chi connectivity index (χ1v) is 7.54. The van der Waals surface area contributed by atoms with Gasteiger partial charge in [-0.15, -0.1) is 0 Å². The molecule has 0 aliphatic heterocycles. The molecule has 0 radical (unpaired) electrons. The summed E-state index contributed by atoms with van der Waals surface area (Å²) in [6, 6.07) is 10.1. The van der Waals surface area contributed by atoms with Crippen molar-refractivity contribution in [1.82, 2.24) is 9.97 Å². The third kappa shape index (κ3) is 3.72. The Balaban J connectivity index is 1.82.